The summed E-state index contributed by atoms with van der Waals surface area (Å²) in [6, 6.07) is 7.16. The predicted molar refractivity (Wildman–Crippen MR) is 104 cm³/mol. The van der Waals surface area contributed by atoms with Gasteiger partial charge in [0.05, 0.1) is 11.4 Å². The van der Waals surface area contributed by atoms with E-state index in [4.69, 9.17) is 5.73 Å². The zero-order valence-electron chi connectivity index (χ0n) is 15.6. The van der Waals surface area contributed by atoms with Crippen molar-refractivity contribution in [2.75, 3.05) is 26.2 Å². The highest BCUT2D eigenvalue weighted by Gasteiger charge is 2.27. The second kappa shape index (κ2) is 8.39. The van der Waals surface area contributed by atoms with Gasteiger partial charge in [0, 0.05) is 26.2 Å². The van der Waals surface area contributed by atoms with Crippen molar-refractivity contribution in [3.05, 3.63) is 29.8 Å². The Morgan fingerprint density at radius 1 is 1.12 bits per heavy atom. The minimum Gasteiger partial charge on any atom is -0.370 e. The number of hydrogen-bond acceptors (Lipinski definition) is 3. The van der Waals surface area contributed by atoms with Crippen molar-refractivity contribution in [2.24, 2.45) is 16.6 Å². The van der Waals surface area contributed by atoms with Gasteiger partial charge in [-0.1, -0.05) is 31.5 Å². The van der Waals surface area contributed by atoms with Gasteiger partial charge >= 0.3 is 0 Å². The third-order valence-electron chi connectivity index (χ3n) is 5.42. The lowest BCUT2D eigenvalue weighted by Gasteiger charge is -2.31. The molecule has 2 fully saturated rings. The molecule has 144 valence electrons. The van der Waals surface area contributed by atoms with Crippen LogP contribution < -0.4 is 5.73 Å². The molecule has 7 heteroatoms. The molecular weight excluding hydrogens is 348 g/mol. The largest absolute Gasteiger partial charge is 0.370 e. The minimum atomic E-state index is -3.46. The van der Waals surface area contributed by atoms with E-state index in [1.165, 1.54) is 0 Å². The molecule has 2 aliphatic rings. The molecule has 0 amide bonds. The van der Waals surface area contributed by atoms with Crippen molar-refractivity contribution < 1.29 is 8.42 Å². The number of benzene rings is 1. The molecule has 0 aliphatic carbocycles. The van der Waals surface area contributed by atoms with Crippen LogP contribution in [0, 0.1) is 5.92 Å². The van der Waals surface area contributed by atoms with Crippen molar-refractivity contribution in [2.45, 2.75) is 50.5 Å². The number of hydrogen-bond donors (Lipinski definition) is 1. The first-order valence-corrected chi connectivity index (χ1v) is 11.1. The lowest BCUT2D eigenvalue weighted by Crippen LogP contribution is -2.42. The van der Waals surface area contributed by atoms with Crippen LogP contribution in [0.15, 0.2) is 34.2 Å². The lowest BCUT2D eigenvalue weighted by molar-refractivity contribution is 0.277. The SMILES string of the molecule is CC1CCN(C(N)=NCc2ccccc2S(=O)(=O)N2CCCCC2)CC1. The summed E-state index contributed by atoms with van der Waals surface area (Å²) in [5.41, 5.74) is 6.87. The van der Waals surface area contributed by atoms with E-state index < -0.39 is 10.0 Å². The van der Waals surface area contributed by atoms with E-state index in [0.29, 0.717) is 36.1 Å². The van der Waals surface area contributed by atoms with E-state index >= 15 is 0 Å². The fourth-order valence-corrected chi connectivity index (χ4v) is 5.37. The van der Waals surface area contributed by atoms with Crippen molar-refractivity contribution in [3.8, 4) is 0 Å². The quantitative estimate of drug-likeness (QED) is 0.645. The molecule has 1 aromatic carbocycles. The normalized spacial score (nSPS) is 21.1. The van der Waals surface area contributed by atoms with Crippen molar-refractivity contribution in [1.82, 2.24) is 9.21 Å². The Labute approximate surface area is 157 Å². The van der Waals surface area contributed by atoms with E-state index in [9.17, 15) is 8.42 Å². The Balaban J connectivity index is 1.76. The van der Waals surface area contributed by atoms with E-state index in [1.54, 1.807) is 16.4 Å². The standard InChI is InChI=1S/C19H30N4O2S/c1-16-9-13-22(14-10-16)19(20)21-15-17-7-3-4-8-18(17)26(24,25)23-11-5-2-6-12-23/h3-4,7-8,16H,2,5-6,9-15H2,1H3,(H2,20,21). The Bertz CT molecular complexity index is 734. The molecule has 2 aliphatic heterocycles. The van der Waals surface area contributed by atoms with Gasteiger partial charge in [-0.3, -0.25) is 0 Å². The highest BCUT2D eigenvalue weighted by Crippen LogP contribution is 2.24. The van der Waals surface area contributed by atoms with Crippen LogP contribution in [0.5, 0.6) is 0 Å². The maximum absolute atomic E-state index is 13.0. The molecule has 6 nitrogen and oxygen atoms in total. The van der Waals surface area contributed by atoms with Gasteiger partial charge in [-0.05, 0) is 43.2 Å². The molecule has 2 N–H and O–H groups in total. The fourth-order valence-electron chi connectivity index (χ4n) is 3.63. The first-order valence-electron chi connectivity index (χ1n) is 9.61. The Morgan fingerprint density at radius 3 is 2.46 bits per heavy atom. The molecule has 0 aromatic heterocycles. The molecular formula is C19H30N4O2S. The van der Waals surface area contributed by atoms with Gasteiger partial charge in [0.25, 0.3) is 0 Å². The van der Waals surface area contributed by atoms with E-state index in [1.807, 2.05) is 12.1 Å². The second-order valence-corrected chi connectivity index (χ2v) is 9.32. The zero-order valence-corrected chi connectivity index (χ0v) is 16.4. The van der Waals surface area contributed by atoms with Crippen LogP contribution in [0.25, 0.3) is 0 Å². The molecule has 0 spiro atoms. The minimum absolute atomic E-state index is 0.293. The number of sulfonamides is 1. The maximum atomic E-state index is 13.0. The Hall–Kier alpha value is -1.60. The number of rotatable bonds is 4. The average Bonchev–Trinajstić information content (AvgIpc) is 2.67. The van der Waals surface area contributed by atoms with Crippen LogP contribution in [0.2, 0.25) is 0 Å². The first kappa shape index (κ1) is 19.2. The number of nitrogens with zero attached hydrogens (tertiary/aromatic N) is 3. The van der Waals surface area contributed by atoms with Gasteiger partial charge in [0.1, 0.15) is 0 Å². The summed E-state index contributed by atoms with van der Waals surface area (Å²) < 4.78 is 27.7. The van der Waals surface area contributed by atoms with Crippen LogP contribution in [-0.4, -0.2) is 49.8 Å². The molecule has 0 radical (unpaired) electrons. The summed E-state index contributed by atoms with van der Waals surface area (Å²) >= 11 is 0. The number of likely N-dealkylation sites (tertiary alicyclic amines) is 1. The van der Waals surface area contributed by atoms with Crippen molar-refractivity contribution in [3.63, 3.8) is 0 Å². The molecule has 2 saturated heterocycles. The number of guanidine groups is 1. The molecule has 26 heavy (non-hydrogen) atoms. The maximum Gasteiger partial charge on any atom is 0.243 e. The second-order valence-electron chi connectivity index (χ2n) is 7.42. The zero-order chi connectivity index (χ0) is 18.6. The van der Waals surface area contributed by atoms with E-state index in [0.717, 1.165) is 51.1 Å². The molecule has 3 rings (SSSR count). The summed E-state index contributed by atoms with van der Waals surface area (Å²) in [7, 11) is -3.46. The van der Waals surface area contributed by atoms with Crippen LogP contribution in [0.4, 0.5) is 0 Å². The summed E-state index contributed by atoms with van der Waals surface area (Å²) in [6.07, 6.45) is 5.20. The van der Waals surface area contributed by atoms with Gasteiger partial charge in [0.2, 0.25) is 10.0 Å². The molecule has 0 unspecified atom stereocenters. The Morgan fingerprint density at radius 2 is 1.77 bits per heavy atom. The summed E-state index contributed by atoms with van der Waals surface area (Å²) in [6.45, 7) is 5.60. The van der Waals surface area contributed by atoms with Gasteiger partial charge < -0.3 is 10.6 Å². The van der Waals surface area contributed by atoms with Crippen LogP contribution in [0.1, 0.15) is 44.6 Å². The third-order valence-corrected chi connectivity index (χ3v) is 7.42. The first-order chi connectivity index (χ1) is 12.5. The molecule has 0 bridgehead atoms. The number of aliphatic imine (C=N–C) groups is 1. The van der Waals surface area contributed by atoms with E-state index in [-0.39, 0.29) is 0 Å². The van der Waals surface area contributed by atoms with Crippen molar-refractivity contribution >= 4 is 16.0 Å². The summed E-state index contributed by atoms with van der Waals surface area (Å²) in [5.74, 6) is 1.25. The topological polar surface area (TPSA) is 79.0 Å². The summed E-state index contributed by atoms with van der Waals surface area (Å²) in [4.78, 5) is 6.97. The van der Waals surface area contributed by atoms with E-state index in [2.05, 4.69) is 16.8 Å². The number of nitrogens with two attached hydrogens (primary N) is 1. The predicted octanol–water partition coefficient (Wildman–Crippen LogP) is 2.41. The number of piperidine rings is 2. The molecule has 0 atom stereocenters. The van der Waals surface area contributed by atoms with Crippen LogP contribution in [-0.2, 0) is 16.6 Å². The fraction of sp³-hybridized carbons (Fsp3) is 0.632. The highest BCUT2D eigenvalue weighted by molar-refractivity contribution is 7.89. The molecule has 2 heterocycles. The molecule has 0 saturated carbocycles. The summed E-state index contributed by atoms with van der Waals surface area (Å²) in [5, 5.41) is 0. The van der Waals surface area contributed by atoms with Crippen molar-refractivity contribution in [1.29, 1.82) is 0 Å². The van der Waals surface area contributed by atoms with Crippen LogP contribution >= 0.6 is 0 Å². The van der Waals surface area contributed by atoms with Gasteiger partial charge in [-0.2, -0.15) is 4.31 Å². The smallest absolute Gasteiger partial charge is 0.243 e. The molecule has 1 aromatic rings. The van der Waals surface area contributed by atoms with Gasteiger partial charge in [-0.25, -0.2) is 13.4 Å². The third kappa shape index (κ3) is 4.38. The highest BCUT2D eigenvalue weighted by atomic mass is 32.2. The van der Waals surface area contributed by atoms with Gasteiger partial charge in [-0.15, -0.1) is 0 Å². The van der Waals surface area contributed by atoms with Crippen LogP contribution in [0.3, 0.4) is 0 Å². The average molecular weight is 379 g/mol. The monoisotopic (exact) mass is 378 g/mol. The lowest BCUT2D eigenvalue weighted by atomic mass is 10.00. The van der Waals surface area contributed by atoms with Gasteiger partial charge in [0.15, 0.2) is 5.96 Å². The Kier molecular flexibility index (Phi) is 6.19.